The minimum atomic E-state index is -0.207. The number of rotatable bonds is 15. The highest BCUT2D eigenvalue weighted by Gasteiger charge is 2.24. The summed E-state index contributed by atoms with van der Waals surface area (Å²) in [5, 5.41) is 0. The van der Waals surface area contributed by atoms with Crippen LogP contribution in [-0.4, -0.2) is 98.9 Å². The molecule has 21 heavy (non-hydrogen) atoms. The van der Waals surface area contributed by atoms with E-state index in [9.17, 15) is 0 Å². The first-order valence-electron chi connectivity index (χ1n) is 7.08. The van der Waals surface area contributed by atoms with Gasteiger partial charge in [0, 0.05) is 27.9 Å². The summed E-state index contributed by atoms with van der Waals surface area (Å²) in [6, 6.07) is 0. The molecule has 0 spiro atoms. The van der Waals surface area contributed by atoms with Crippen LogP contribution < -0.4 is 0 Å². The van der Waals surface area contributed by atoms with Crippen LogP contribution in [0.3, 0.4) is 0 Å². The van der Waals surface area contributed by atoms with E-state index in [1.54, 1.807) is 21.3 Å². The van der Waals surface area contributed by atoms with Crippen molar-refractivity contribution in [2.24, 2.45) is 0 Å². The molecule has 7 heteroatoms. The maximum atomic E-state index is 5.85. The molecule has 0 aliphatic carbocycles. The van der Waals surface area contributed by atoms with Crippen molar-refractivity contribution >= 4 is 0 Å². The molecule has 0 saturated heterocycles. The third-order valence-corrected chi connectivity index (χ3v) is 2.69. The second-order valence-electron chi connectivity index (χ2n) is 4.84. The predicted molar refractivity (Wildman–Crippen MR) is 79.6 cm³/mol. The monoisotopic (exact) mass is 309 g/mol. The van der Waals surface area contributed by atoms with Crippen LogP contribution >= 0.6 is 0 Å². The minimum absolute atomic E-state index is 0.118. The van der Waals surface area contributed by atoms with Crippen molar-refractivity contribution < 1.29 is 28.4 Å². The van der Waals surface area contributed by atoms with E-state index in [4.69, 9.17) is 28.4 Å². The average molecular weight is 309 g/mol. The van der Waals surface area contributed by atoms with Gasteiger partial charge in [0.25, 0.3) is 0 Å². The van der Waals surface area contributed by atoms with Crippen molar-refractivity contribution in [1.29, 1.82) is 0 Å². The lowest BCUT2D eigenvalue weighted by molar-refractivity contribution is -0.156. The fourth-order valence-electron chi connectivity index (χ4n) is 1.68. The van der Waals surface area contributed by atoms with E-state index in [1.165, 1.54) is 0 Å². The van der Waals surface area contributed by atoms with E-state index < -0.39 is 0 Å². The molecule has 0 aliphatic heterocycles. The number of methoxy groups -OCH3 is 3. The molecule has 0 saturated carbocycles. The van der Waals surface area contributed by atoms with Gasteiger partial charge in [0.2, 0.25) is 0 Å². The Balaban J connectivity index is 4.40. The van der Waals surface area contributed by atoms with Crippen LogP contribution in [0.2, 0.25) is 0 Å². The van der Waals surface area contributed by atoms with Crippen molar-refractivity contribution in [3.8, 4) is 0 Å². The Morgan fingerprint density at radius 1 is 0.762 bits per heavy atom. The molecule has 0 aliphatic rings. The molecule has 0 radical (unpaired) electrons. The fourth-order valence-corrected chi connectivity index (χ4v) is 1.68. The number of hydrogen-bond acceptors (Lipinski definition) is 7. The van der Waals surface area contributed by atoms with Crippen LogP contribution in [0.4, 0.5) is 0 Å². The van der Waals surface area contributed by atoms with Gasteiger partial charge in [-0.3, -0.25) is 0 Å². The number of nitrogens with zero attached hydrogens (tertiary/aromatic N) is 1. The summed E-state index contributed by atoms with van der Waals surface area (Å²) in [6.45, 7) is 3.50. The van der Waals surface area contributed by atoms with Crippen molar-refractivity contribution in [1.82, 2.24) is 4.90 Å². The highest BCUT2D eigenvalue weighted by molar-refractivity contribution is 4.73. The second-order valence-corrected chi connectivity index (χ2v) is 4.84. The standard InChI is InChI=1S/C14H31NO6/c1-15(2)10-13(20-9-7-17-4)14(21-12-18-5)11-19-8-6-16-3/h13-14H,6-12H2,1-5H3. The normalized spacial score (nSPS) is 14.6. The first-order chi connectivity index (χ1) is 10.2. The molecule has 0 amide bonds. The molecule has 128 valence electrons. The molecular weight excluding hydrogens is 278 g/mol. The Labute approximate surface area is 128 Å². The lowest BCUT2D eigenvalue weighted by Crippen LogP contribution is -2.43. The lowest BCUT2D eigenvalue weighted by Gasteiger charge is -2.29. The van der Waals surface area contributed by atoms with Crippen molar-refractivity contribution in [2.45, 2.75) is 12.2 Å². The van der Waals surface area contributed by atoms with Crippen LogP contribution in [0.25, 0.3) is 0 Å². The molecule has 0 bridgehead atoms. The summed E-state index contributed by atoms with van der Waals surface area (Å²) in [7, 11) is 8.87. The van der Waals surface area contributed by atoms with Crippen LogP contribution in [0.15, 0.2) is 0 Å². The van der Waals surface area contributed by atoms with Gasteiger partial charge >= 0.3 is 0 Å². The number of hydrogen-bond donors (Lipinski definition) is 0. The summed E-state index contributed by atoms with van der Waals surface area (Å²) in [6.07, 6.45) is -0.325. The van der Waals surface area contributed by atoms with E-state index in [2.05, 4.69) is 4.90 Å². The molecule has 0 aromatic carbocycles. The van der Waals surface area contributed by atoms with Gasteiger partial charge in [-0.25, -0.2) is 0 Å². The van der Waals surface area contributed by atoms with Gasteiger partial charge in [0.1, 0.15) is 12.9 Å². The summed E-state index contributed by atoms with van der Waals surface area (Å²) in [4.78, 5) is 2.05. The molecule has 0 aromatic rings. The molecule has 2 unspecified atom stereocenters. The van der Waals surface area contributed by atoms with Crippen LogP contribution in [0.5, 0.6) is 0 Å². The predicted octanol–water partition coefficient (Wildman–Crippen LogP) is 0.232. The van der Waals surface area contributed by atoms with Gasteiger partial charge < -0.3 is 33.3 Å². The van der Waals surface area contributed by atoms with Gasteiger partial charge in [-0.1, -0.05) is 0 Å². The summed E-state index contributed by atoms with van der Waals surface area (Å²) in [5.41, 5.74) is 0. The van der Waals surface area contributed by atoms with Crippen molar-refractivity contribution in [3.05, 3.63) is 0 Å². The van der Waals surface area contributed by atoms with Gasteiger partial charge in [-0.05, 0) is 14.1 Å². The quantitative estimate of drug-likeness (QED) is 0.317. The Morgan fingerprint density at radius 2 is 1.43 bits per heavy atom. The first-order valence-corrected chi connectivity index (χ1v) is 7.08. The van der Waals surface area contributed by atoms with Crippen LogP contribution in [0.1, 0.15) is 0 Å². The van der Waals surface area contributed by atoms with Crippen molar-refractivity contribution in [3.63, 3.8) is 0 Å². The molecule has 0 rings (SSSR count). The SMILES string of the molecule is COCCOCC(OCOC)C(CN(C)C)OCCOC. The maximum absolute atomic E-state index is 5.85. The Morgan fingerprint density at radius 3 is 2.00 bits per heavy atom. The van der Waals surface area contributed by atoms with Gasteiger partial charge in [-0.15, -0.1) is 0 Å². The molecule has 2 atom stereocenters. The van der Waals surface area contributed by atoms with Gasteiger partial charge in [0.05, 0.1) is 39.1 Å². The zero-order chi connectivity index (χ0) is 15.9. The zero-order valence-electron chi connectivity index (χ0n) is 14.0. The maximum Gasteiger partial charge on any atom is 0.146 e. The Kier molecular flexibility index (Phi) is 14.5. The van der Waals surface area contributed by atoms with Gasteiger partial charge in [0.15, 0.2) is 0 Å². The fraction of sp³-hybridized carbons (Fsp3) is 1.00. The van der Waals surface area contributed by atoms with Crippen LogP contribution in [-0.2, 0) is 28.4 Å². The van der Waals surface area contributed by atoms with E-state index in [1.807, 2.05) is 14.1 Å². The molecule has 7 nitrogen and oxygen atoms in total. The van der Waals surface area contributed by atoms with Crippen molar-refractivity contribution in [2.75, 3.05) is 81.8 Å². The third kappa shape index (κ3) is 12.0. The average Bonchev–Trinajstić information content (AvgIpc) is 2.45. The van der Waals surface area contributed by atoms with E-state index in [0.717, 1.165) is 6.54 Å². The Hall–Kier alpha value is -0.280. The number of ether oxygens (including phenoxy) is 6. The van der Waals surface area contributed by atoms with E-state index >= 15 is 0 Å². The second kappa shape index (κ2) is 14.6. The summed E-state index contributed by atoms with van der Waals surface area (Å²) < 4.78 is 32.1. The molecule has 0 fully saturated rings. The highest BCUT2D eigenvalue weighted by Crippen LogP contribution is 2.08. The molecule has 0 heterocycles. The summed E-state index contributed by atoms with van der Waals surface area (Å²) >= 11 is 0. The largest absolute Gasteiger partial charge is 0.382 e. The molecule has 0 aromatic heterocycles. The first kappa shape index (κ1) is 20.7. The molecule has 0 N–H and O–H groups in total. The topological polar surface area (TPSA) is 58.6 Å². The highest BCUT2D eigenvalue weighted by atomic mass is 16.7. The van der Waals surface area contributed by atoms with Crippen LogP contribution in [0, 0.1) is 0 Å². The lowest BCUT2D eigenvalue weighted by atomic mass is 10.2. The minimum Gasteiger partial charge on any atom is -0.382 e. The third-order valence-electron chi connectivity index (χ3n) is 2.69. The Bertz CT molecular complexity index is 218. The smallest absolute Gasteiger partial charge is 0.146 e. The van der Waals surface area contributed by atoms with Gasteiger partial charge in [-0.2, -0.15) is 0 Å². The van der Waals surface area contributed by atoms with E-state index in [0.29, 0.717) is 33.0 Å². The molecular formula is C14H31NO6. The summed E-state index contributed by atoms with van der Waals surface area (Å²) in [5.74, 6) is 0. The number of likely N-dealkylation sites (N-methyl/N-ethyl adjacent to an activating group) is 1. The zero-order valence-corrected chi connectivity index (χ0v) is 14.0. The van der Waals surface area contributed by atoms with E-state index in [-0.39, 0.29) is 19.0 Å².